The van der Waals surface area contributed by atoms with E-state index in [2.05, 4.69) is 38.1 Å². The van der Waals surface area contributed by atoms with E-state index in [4.69, 9.17) is 16.3 Å². The second-order valence-corrected chi connectivity index (χ2v) is 7.16. The van der Waals surface area contributed by atoms with Crippen molar-refractivity contribution >= 4 is 28.3 Å². The van der Waals surface area contributed by atoms with Gasteiger partial charge in [-0.1, -0.05) is 11.6 Å². The van der Waals surface area contributed by atoms with E-state index in [1.54, 1.807) is 0 Å². The lowest BCUT2D eigenvalue weighted by Crippen LogP contribution is -2.56. The molecule has 2 aliphatic heterocycles. The first kappa shape index (κ1) is 15.0. The molecule has 4 heterocycles. The van der Waals surface area contributed by atoms with E-state index >= 15 is 0 Å². The van der Waals surface area contributed by atoms with Crippen molar-refractivity contribution in [2.24, 2.45) is 0 Å². The number of benzene rings is 1. The SMILES string of the molecule is Clc1ccc2c(c1)OCC1CN(Cc3c[nH]c4ncccc34)CCN21. The van der Waals surface area contributed by atoms with Crippen LogP contribution in [-0.4, -0.2) is 47.2 Å². The lowest BCUT2D eigenvalue weighted by Gasteiger charge is -2.45. The smallest absolute Gasteiger partial charge is 0.144 e. The molecule has 2 aliphatic rings. The maximum atomic E-state index is 6.09. The Morgan fingerprint density at radius 2 is 2.24 bits per heavy atom. The van der Waals surface area contributed by atoms with Gasteiger partial charge in [0.25, 0.3) is 0 Å². The topological polar surface area (TPSA) is 44.4 Å². The molecule has 0 spiro atoms. The first-order chi connectivity index (χ1) is 12.3. The van der Waals surface area contributed by atoms with Crippen LogP contribution in [0.1, 0.15) is 5.56 Å². The monoisotopic (exact) mass is 354 g/mol. The van der Waals surface area contributed by atoms with E-state index in [0.29, 0.717) is 12.6 Å². The molecule has 0 amide bonds. The number of rotatable bonds is 2. The zero-order valence-corrected chi connectivity index (χ0v) is 14.5. The number of aromatic nitrogens is 2. The lowest BCUT2D eigenvalue weighted by atomic mass is 10.1. The maximum Gasteiger partial charge on any atom is 0.144 e. The number of piperazine rings is 1. The van der Waals surface area contributed by atoms with Crippen LogP contribution < -0.4 is 9.64 Å². The van der Waals surface area contributed by atoms with E-state index in [9.17, 15) is 0 Å². The van der Waals surface area contributed by atoms with Crippen LogP contribution >= 0.6 is 11.6 Å². The molecule has 1 N–H and O–H groups in total. The summed E-state index contributed by atoms with van der Waals surface area (Å²) in [6, 6.07) is 10.4. The van der Waals surface area contributed by atoms with Gasteiger partial charge in [0, 0.05) is 55.0 Å². The van der Waals surface area contributed by atoms with Crippen molar-refractivity contribution in [3.05, 3.63) is 53.3 Å². The lowest BCUT2D eigenvalue weighted by molar-refractivity contribution is 0.162. The summed E-state index contributed by atoms with van der Waals surface area (Å²) < 4.78 is 5.96. The van der Waals surface area contributed by atoms with Crippen molar-refractivity contribution in [2.75, 3.05) is 31.1 Å². The fourth-order valence-electron chi connectivity index (χ4n) is 3.93. The van der Waals surface area contributed by atoms with E-state index in [1.807, 2.05) is 24.4 Å². The molecule has 128 valence electrons. The number of H-pyrrole nitrogens is 1. The summed E-state index contributed by atoms with van der Waals surface area (Å²) in [6.45, 7) is 4.67. The van der Waals surface area contributed by atoms with Crippen LogP contribution in [-0.2, 0) is 6.54 Å². The Morgan fingerprint density at radius 3 is 3.20 bits per heavy atom. The average Bonchev–Trinajstić information content (AvgIpc) is 3.04. The fourth-order valence-corrected chi connectivity index (χ4v) is 4.10. The highest BCUT2D eigenvalue weighted by Crippen LogP contribution is 2.37. The van der Waals surface area contributed by atoms with Gasteiger partial charge in [0.1, 0.15) is 18.0 Å². The van der Waals surface area contributed by atoms with Gasteiger partial charge in [0.05, 0.1) is 11.7 Å². The molecule has 0 bridgehead atoms. The number of aromatic amines is 1. The molecule has 0 saturated carbocycles. The van der Waals surface area contributed by atoms with Crippen molar-refractivity contribution in [3.8, 4) is 5.75 Å². The molecule has 1 atom stereocenters. The Balaban J connectivity index is 1.34. The predicted molar refractivity (Wildman–Crippen MR) is 99.5 cm³/mol. The number of halogens is 1. The average molecular weight is 355 g/mol. The first-order valence-corrected chi connectivity index (χ1v) is 8.98. The van der Waals surface area contributed by atoms with Gasteiger partial charge < -0.3 is 14.6 Å². The molecule has 1 saturated heterocycles. The van der Waals surface area contributed by atoms with Crippen LogP contribution in [0.5, 0.6) is 5.75 Å². The van der Waals surface area contributed by atoms with Gasteiger partial charge in [0.2, 0.25) is 0 Å². The van der Waals surface area contributed by atoms with Crippen LogP contribution in [0.3, 0.4) is 0 Å². The number of hydrogen-bond donors (Lipinski definition) is 1. The quantitative estimate of drug-likeness (QED) is 0.767. The third-order valence-corrected chi connectivity index (χ3v) is 5.40. The van der Waals surface area contributed by atoms with Gasteiger partial charge in [0.15, 0.2) is 0 Å². The highest BCUT2D eigenvalue weighted by atomic mass is 35.5. The minimum Gasteiger partial charge on any atom is -0.489 e. The van der Waals surface area contributed by atoms with Crippen LogP contribution in [0.15, 0.2) is 42.7 Å². The van der Waals surface area contributed by atoms with E-state index in [1.165, 1.54) is 10.9 Å². The van der Waals surface area contributed by atoms with Crippen molar-refractivity contribution in [3.63, 3.8) is 0 Å². The Bertz CT molecular complexity index is 925. The zero-order chi connectivity index (χ0) is 16.8. The summed E-state index contributed by atoms with van der Waals surface area (Å²) in [5, 5.41) is 1.94. The fraction of sp³-hybridized carbons (Fsp3) is 0.316. The summed E-state index contributed by atoms with van der Waals surface area (Å²) in [5.41, 5.74) is 3.43. The molecule has 1 aromatic carbocycles. The number of ether oxygens (including phenoxy) is 1. The number of nitrogens with one attached hydrogen (secondary N) is 1. The molecule has 3 aromatic rings. The van der Waals surface area contributed by atoms with Gasteiger partial charge >= 0.3 is 0 Å². The number of pyridine rings is 1. The minimum absolute atomic E-state index is 0.380. The first-order valence-electron chi connectivity index (χ1n) is 8.60. The molecular formula is C19H19ClN4O. The molecule has 1 fully saturated rings. The second-order valence-electron chi connectivity index (χ2n) is 6.72. The van der Waals surface area contributed by atoms with Gasteiger partial charge in [-0.2, -0.15) is 0 Å². The number of nitrogens with zero attached hydrogens (tertiary/aromatic N) is 3. The Labute approximate surface area is 151 Å². The largest absolute Gasteiger partial charge is 0.489 e. The van der Waals surface area contributed by atoms with E-state index < -0.39 is 0 Å². The Morgan fingerprint density at radius 1 is 1.28 bits per heavy atom. The summed E-state index contributed by atoms with van der Waals surface area (Å²) >= 11 is 6.09. The standard InChI is InChI=1S/C19H19ClN4O/c20-14-3-4-17-18(8-14)25-12-15-11-23(6-7-24(15)17)10-13-9-22-19-16(13)2-1-5-21-19/h1-5,8-9,15H,6-7,10-12H2,(H,21,22). The molecule has 2 aromatic heterocycles. The minimum atomic E-state index is 0.380. The predicted octanol–water partition coefficient (Wildman–Crippen LogP) is 3.30. The van der Waals surface area contributed by atoms with Gasteiger partial charge in [-0.15, -0.1) is 0 Å². The Hall–Kier alpha value is -2.24. The second kappa shape index (κ2) is 5.93. The maximum absolute atomic E-state index is 6.09. The number of fused-ring (bicyclic) bond motifs is 4. The highest BCUT2D eigenvalue weighted by Gasteiger charge is 2.33. The van der Waals surface area contributed by atoms with Crippen LogP contribution in [0.2, 0.25) is 5.02 Å². The van der Waals surface area contributed by atoms with Crippen molar-refractivity contribution < 1.29 is 4.74 Å². The summed E-state index contributed by atoms with van der Waals surface area (Å²) in [7, 11) is 0. The highest BCUT2D eigenvalue weighted by molar-refractivity contribution is 6.30. The van der Waals surface area contributed by atoms with Gasteiger partial charge in [-0.05, 0) is 29.8 Å². The molecule has 6 heteroatoms. The summed E-state index contributed by atoms with van der Waals surface area (Å²) in [5.74, 6) is 0.903. The third kappa shape index (κ3) is 2.64. The van der Waals surface area contributed by atoms with Gasteiger partial charge in [-0.3, -0.25) is 4.90 Å². The summed E-state index contributed by atoms with van der Waals surface area (Å²) in [6.07, 6.45) is 3.91. The molecule has 5 rings (SSSR count). The number of hydrogen-bond acceptors (Lipinski definition) is 4. The van der Waals surface area contributed by atoms with Crippen molar-refractivity contribution in [1.82, 2.24) is 14.9 Å². The molecular weight excluding hydrogens is 336 g/mol. The van der Waals surface area contributed by atoms with E-state index in [0.717, 1.165) is 48.3 Å². The third-order valence-electron chi connectivity index (χ3n) is 5.16. The molecule has 0 radical (unpaired) electrons. The molecule has 5 nitrogen and oxygen atoms in total. The van der Waals surface area contributed by atoms with Crippen molar-refractivity contribution in [2.45, 2.75) is 12.6 Å². The van der Waals surface area contributed by atoms with Crippen molar-refractivity contribution in [1.29, 1.82) is 0 Å². The Kier molecular flexibility index (Phi) is 3.57. The normalized spacial score (nSPS) is 20.2. The molecule has 0 aliphatic carbocycles. The van der Waals surface area contributed by atoms with Crippen LogP contribution in [0, 0.1) is 0 Å². The van der Waals surface area contributed by atoms with Gasteiger partial charge in [-0.25, -0.2) is 4.98 Å². The molecule has 1 unspecified atom stereocenters. The molecule has 25 heavy (non-hydrogen) atoms. The summed E-state index contributed by atoms with van der Waals surface area (Å²) in [4.78, 5) is 12.6. The number of anilines is 1. The van der Waals surface area contributed by atoms with Crippen LogP contribution in [0.25, 0.3) is 11.0 Å². The van der Waals surface area contributed by atoms with E-state index in [-0.39, 0.29) is 0 Å². The van der Waals surface area contributed by atoms with Crippen LogP contribution in [0.4, 0.5) is 5.69 Å². The zero-order valence-electron chi connectivity index (χ0n) is 13.8.